The average Bonchev–Trinajstić information content (AvgIpc) is 2.80. The second kappa shape index (κ2) is 8.84. The van der Waals surface area contributed by atoms with Gasteiger partial charge < -0.3 is 19.8 Å². The molecule has 0 heterocycles. The molecular formula is C26H30N2O9. The first-order valence-electron chi connectivity index (χ1n) is 11.9. The highest BCUT2D eigenvalue weighted by atomic mass is 16.5. The van der Waals surface area contributed by atoms with E-state index in [1.165, 1.54) is 11.0 Å². The van der Waals surface area contributed by atoms with Gasteiger partial charge in [-0.3, -0.25) is 28.9 Å². The molecule has 0 aliphatic heterocycles. The highest BCUT2D eigenvalue weighted by Crippen LogP contribution is 2.52. The minimum absolute atomic E-state index is 0.0184. The van der Waals surface area contributed by atoms with Crippen molar-refractivity contribution >= 4 is 40.6 Å². The summed E-state index contributed by atoms with van der Waals surface area (Å²) in [5.74, 6) is -11.3. The van der Waals surface area contributed by atoms with Crippen molar-refractivity contribution in [2.75, 3.05) is 40.2 Å². The number of nitrogens with zero attached hydrogens (tertiary/aromatic N) is 2. The molecule has 0 spiro atoms. The molecule has 6 atom stereocenters. The van der Waals surface area contributed by atoms with Crippen LogP contribution in [0.5, 0.6) is 5.75 Å². The molecule has 0 amide bonds. The number of aliphatic hydroxyl groups is 1. The van der Waals surface area contributed by atoms with Crippen LogP contribution in [0.15, 0.2) is 6.07 Å². The molecule has 11 nitrogen and oxygen atoms in total. The van der Waals surface area contributed by atoms with Crippen molar-refractivity contribution in [3.05, 3.63) is 22.8 Å². The van der Waals surface area contributed by atoms with E-state index in [-0.39, 0.29) is 24.0 Å². The van der Waals surface area contributed by atoms with Gasteiger partial charge in [0.15, 0.2) is 28.7 Å². The number of likely N-dealkylation sites (N-methyl/N-ethyl adjacent to an activating group) is 1. The summed E-state index contributed by atoms with van der Waals surface area (Å²) in [5.41, 5.74) is -2.36. The minimum Gasteiger partial charge on any atom is -0.506 e. The van der Waals surface area contributed by atoms with Crippen LogP contribution in [-0.2, 0) is 30.3 Å². The van der Waals surface area contributed by atoms with Gasteiger partial charge in [-0.15, -0.1) is 0 Å². The van der Waals surface area contributed by atoms with Crippen LogP contribution in [0.1, 0.15) is 39.6 Å². The second-order valence-corrected chi connectivity index (χ2v) is 10.5. The number of phenolic OH excluding ortho intramolecular Hbond substituents is 1. The average molecular weight is 515 g/mol. The number of aromatic hydroxyl groups is 1. The molecule has 2 fully saturated rings. The number of ether oxygens (including phenoxy) is 1. The number of hydrogen-bond acceptors (Lipinski definition) is 11. The lowest BCUT2D eigenvalue weighted by Crippen LogP contribution is -2.73. The summed E-state index contributed by atoms with van der Waals surface area (Å²) >= 11 is 0. The number of Topliss-reactive ketones (excluding diaryl/α,β-unsaturated/α-hetero) is 5. The lowest BCUT2D eigenvalue weighted by molar-refractivity contribution is -0.181. The smallest absolute Gasteiger partial charge is 0.341 e. The van der Waals surface area contributed by atoms with Gasteiger partial charge in [-0.25, -0.2) is 4.79 Å². The van der Waals surface area contributed by atoms with E-state index in [0.717, 1.165) is 14.0 Å². The lowest BCUT2D eigenvalue weighted by atomic mass is 9.52. The molecule has 3 unspecified atom stereocenters. The Hall–Kier alpha value is -3.44. The van der Waals surface area contributed by atoms with Crippen LogP contribution < -0.4 is 4.90 Å². The van der Waals surface area contributed by atoms with E-state index in [2.05, 4.69) is 0 Å². The predicted octanol–water partition coefficient (Wildman–Crippen LogP) is -0.177. The number of rotatable bonds is 4. The fraction of sp³-hybridized carbons (Fsp3) is 0.538. The van der Waals surface area contributed by atoms with Gasteiger partial charge in [0.25, 0.3) is 0 Å². The minimum atomic E-state index is -2.73. The summed E-state index contributed by atoms with van der Waals surface area (Å²) in [5, 5.41) is 22.6. The number of carbonyl (C=O) groups excluding carboxylic acids is 6. The Morgan fingerprint density at radius 1 is 1.08 bits per heavy atom. The topological polar surface area (TPSA) is 159 Å². The molecule has 0 radical (unpaired) electrons. The first-order chi connectivity index (χ1) is 17.2. The molecule has 1 aromatic rings. The van der Waals surface area contributed by atoms with Crippen molar-refractivity contribution in [1.29, 1.82) is 0 Å². The van der Waals surface area contributed by atoms with E-state index in [1.807, 2.05) is 0 Å². The van der Waals surface area contributed by atoms with Gasteiger partial charge in [-0.1, -0.05) is 0 Å². The third kappa shape index (κ3) is 3.55. The lowest BCUT2D eigenvalue weighted by Gasteiger charge is -2.52. The maximum atomic E-state index is 13.9. The van der Waals surface area contributed by atoms with Gasteiger partial charge in [-0.05, 0) is 51.4 Å². The number of benzene rings is 1. The van der Waals surface area contributed by atoms with Crippen LogP contribution in [0.2, 0.25) is 0 Å². The summed E-state index contributed by atoms with van der Waals surface area (Å²) in [4.78, 5) is 82.0. The van der Waals surface area contributed by atoms with Crippen molar-refractivity contribution in [1.82, 2.24) is 4.90 Å². The Bertz CT molecular complexity index is 1270. The fourth-order valence-corrected chi connectivity index (χ4v) is 6.43. The molecule has 2 saturated carbocycles. The van der Waals surface area contributed by atoms with E-state index < -0.39 is 75.9 Å². The summed E-state index contributed by atoms with van der Waals surface area (Å²) in [7, 11) is 7.63. The summed E-state index contributed by atoms with van der Waals surface area (Å²) in [6, 6.07) is 0.309. The molecule has 4 rings (SSSR count). The van der Waals surface area contributed by atoms with E-state index in [4.69, 9.17) is 4.74 Å². The number of esters is 1. The molecule has 3 aliphatic rings. The number of carbonyl (C=O) groups is 6. The van der Waals surface area contributed by atoms with Gasteiger partial charge in [0, 0.05) is 25.7 Å². The summed E-state index contributed by atoms with van der Waals surface area (Å²) in [6.45, 7) is 1.05. The van der Waals surface area contributed by atoms with Crippen LogP contribution >= 0.6 is 0 Å². The predicted molar refractivity (Wildman–Crippen MR) is 129 cm³/mol. The molecule has 0 aromatic heterocycles. The molecule has 2 N–H and O–H groups in total. The zero-order chi connectivity index (χ0) is 27.7. The molecule has 198 valence electrons. The number of methoxy groups -OCH3 is 1. The zero-order valence-corrected chi connectivity index (χ0v) is 21.5. The Morgan fingerprint density at radius 3 is 2.22 bits per heavy atom. The third-order valence-electron chi connectivity index (χ3n) is 8.05. The van der Waals surface area contributed by atoms with E-state index in [9.17, 15) is 39.0 Å². The Balaban J connectivity index is 1.92. The Morgan fingerprint density at radius 2 is 1.70 bits per heavy atom. The van der Waals surface area contributed by atoms with Crippen LogP contribution in [0.3, 0.4) is 0 Å². The third-order valence-corrected chi connectivity index (χ3v) is 8.05. The highest BCUT2D eigenvalue weighted by molar-refractivity contribution is 6.32. The monoisotopic (exact) mass is 514 g/mol. The SMILES string of the molecule is COC(=O)c1cc(N(C)C)c2c(c1O)C(=O)C1C(=O)[C@@]3(O)C(=O)C(C(C)=O)C(=O)C(N(C)C)[C@H]3C[C@H]1C2. The van der Waals surface area contributed by atoms with Crippen LogP contribution in [0, 0.1) is 23.7 Å². The van der Waals surface area contributed by atoms with Crippen LogP contribution in [0.25, 0.3) is 0 Å². The van der Waals surface area contributed by atoms with Crippen molar-refractivity contribution in [3.8, 4) is 5.75 Å². The van der Waals surface area contributed by atoms with Crippen molar-refractivity contribution in [2.24, 2.45) is 23.7 Å². The standard InChI is InChI=1S/C26H30N2O9/c1-10(29)16-22(32)19(28(4)5)14-8-11-7-12-15(27(2)3)9-13(25(35)37-6)20(30)18(12)21(31)17(11)24(34)26(14,36)23(16)33/h9,11,14,16-17,19,30,36H,7-8H2,1-6H3/t11-,14-,16?,17?,19?,26+/m1/s1. The Kier molecular flexibility index (Phi) is 6.36. The van der Waals surface area contributed by atoms with Gasteiger partial charge in [-0.2, -0.15) is 0 Å². The van der Waals surface area contributed by atoms with E-state index in [1.54, 1.807) is 33.1 Å². The number of ketones is 5. The van der Waals surface area contributed by atoms with Gasteiger partial charge in [0.05, 0.1) is 24.6 Å². The van der Waals surface area contributed by atoms with Crippen molar-refractivity contribution in [2.45, 2.75) is 31.4 Å². The number of fused-ring (bicyclic) bond motifs is 3. The maximum absolute atomic E-state index is 13.9. The van der Waals surface area contributed by atoms with Crippen molar-refractivity contribution < 1.29 is 43.7 Å². The molecule has 1 aromatic carbocycles. The maximum Gasteiger partial charge on any atom is 0.341 e. The van der Waals surface area contributed by atoms with Gasteiger partial charge in [0.2, 0.25) is 0 Å². The van der Waals surface area contributed by atoms with E-state index in [0.29, 0.717) is 11.3 Å². The van der Waals surface area contributed by atoms with Gasteiger partial charge in [0.1, 0.15) is 23.0 Å². The number of hydrogen-bond donors (Lipinski definition) is 2. The zero-order valence-electron chi connectivity index (χ0n) is 21.5. The normalized spacial score (nSPS) is 31.0. The Labute approximate surface area is 213 Å². The molecule has 3 aliphatic carbocycles. The van der Waals surface area contributed by atoms with Gasteiger partial charge >= 0.3 is 5.97 Å². The van der Waals surface area contributed by atoms with E-state index >= 15 is 0 Å². The molecule has 0 saturated heterocycles. The molecule has 11 heteroatoms. The molecular weight excluding hydrogens is 484 g/mol. The van der Waals surface area contributed by atoms with Crippen LogP contribution in [0.4, 0.5) is 5.69 Å². The molecule has 0 bridgehead atoms. The largest absolute Gasteiger partial charge is 0.506 e. The molecule has 37 heavy (non-hydrogen) atoms. The number of phenols is 1. The highest BCUT2D eigenvalue weighted by Gasteiger charge is 2.69. The second-order valence-electron chi connectivity index (χ2n) is 10.5. The summed E-state index contributed by atoms with van der Waals surface area (Å²) < 4.78 is 4.74. The number of anilines is 1. The van der Waals surface area contributed by atoms with Crippen LogP contribution in [-0.4, -0.2) is 96.9 Å². The first kappa shape index (κ1) is 26.6. The summed E-state index contributed by atoms with van der Waals surface area (Å²) in [6.07, 6.45) is 0.0979. The first-order valence-corrected chi connectivity index (χ1v) is 11.9. The quantitative estimate of drug-likeness (QED) is 0.406. The fourth-order valence-electron chi connectivity index (χ4n) is 6.43. The van der Waals surface area contributed by atoms with Crippen molar-refractivity contribution in [3.63, 3.8) is 0 Å².